The molecule has 1 saturated heterocycles. The summed E-state index contributed by atoms with van der Waals surface area (Å²) < 4.78 is 5.40. The fourth-order valence-electron chi connectivity index (χ4n) is 2.90. The summed E-state index contributed by atoms with van der Waals surface area (Å²) in [6.07, 6.45) is 3.33. The van der Waals surface area contributed by atoms with Gasteiger partial charge in [-0.05, 0) is 29.5 Å². The number of hydrogen-bond donors (Lipinski definition) is 1. The molecule has 1 N–H and O–H groups in total. The van der Waals surface area contributed by atoms with Gasteiger partial charge in [-0.3, -0.25) is 9.78 Å². The van der Waals surface area contributed by atoms with E-state index in [1.807, 2.05) is 30.3 Å². The lowest BCUT2D eigenvalue weighted by Gasteiger charge is -2.30. The summed E-state index contributed by atoms with van der Waals surface area (Å²) in [6, 6.07) is 11.4. The molecule has 9 nitrogen and oxygen atoms in total. The molecule has 27 heavy (non-hydrogen) atoms. The van der Waals surface area contributed by atoms with Crippen LogP contribution in [-0.4, -0.2) is 57.4 Å². The Kier molecular flexibility index (Phi) is 5.01. The van der Waals surface area contributed by atoms with Crippen molar-refractivity contribution in [1.82, 2.24) is 25.2 Å². The smallest absolute Gasteiger partial charge is 0.248 e. The summed E-state index contributed by atoms with van der Waals surface area (Å²) in [6.45, 7) is 2.94. The average Bonchev–Trinajstić information content (AvgIpc) is 3.18. The number of nitrogens with zero attached hydrogens (tertiary/aromatic N) is 6. The fraction of sp³-hybridized carbons (Fsp3) is 0.278. The van der Waals surface area contributed by atoms with Crippen LogP contribution in [0.15, 0.2) is 48.8 Å². The second-order valence-electron chi connectivity index (χ2n) is 6.05. The van der Waals surface area contributed by atoms with Gasteiger partial charge in [0.1, 0.15) is 6.54 Å². The number of amides is 1. The van der Waals surface area contributed by atoms with Gasteiger partial charge in [0, 0.05) is 31.0 Å². The third-order valence-corrected chi connectivity index (χ3v) is 4.19. The molecule has 1 amide bonds. The minimum Gasteiger partial charge on any atom is -0.378 e. The molecule has 4 rings (SSSR count). The predicted molar refractivity (Wildman–Crippen MR) is 99.2 cm³/mol. The number of benzene rings is 1. The van der Waals surface area contributed by atoms with Crippen LogP contribution < -0.4 is 10.2 Å². The van der Waals surface area contributed by atoms with Crippen molar-refractivity contribution in [3.8, 4) is 11.4 Å². The van der Waals surface area contributed by atoms with Crippen molar-refractivity contribution in [3.05, 3.63) is 48.8 Å². The average molecular weight is 365 g/mol. The van der Waals surface area contributed by atoms with Crippen molar-refractivity contribution >= 4 is 17.3 Å². The third-order valence-electron chi connectivity index (χ3n) is 4.19. The van der Waals surface area contributed by atoms with Crippen LogP contribution in [-0.2, 0) is 16.1 Å². The van der Waals surface area contributed by atoms with Gasteiger partial charge in [-0.1, -0.05) is 12.1 Å². The molecule has 1 aliphatic rings. The number of morpholine rings is 1. The Bertz CT molecular complexity index is 907. The quantitative estimate of drug-likeness (QED) is 0.726. The van der Waals surface area contributed by atoms with E-state index in [0.29, 0.717) is 19.0 Å². The monoisotopic (exact) mass is 365 g/mol. The topological polar surface area (TPSA) is 98.1 Å². The number of rotatable bonds is 5. The number of tetrazole rings is 1. The van der Waals surface area contributed by atoms with Gasteiger partial charge in [-0.2, -0.15) is 4.80 Å². The highest BCUT2D eigenvalue weighted by Crippen LogP contribution is 2.26. The maximum absolute atomic E-state index is 12.5. The van der Waals surface area contributed by atoms with E-state index in [0.717, 1.165) is 30.0 Å². The Morgan fingerprint density at radius 3 is 2.81 bits per heavy atom. The molecule has 3 aromatic rings. The Labute approximate surface area is 156 Å². The summed E-state index contributed by atoms with van der Waals surface area (Å²) in [4.78, 5) is 20.0. The van der Waals surface area contributed by atoms with Gasteiger partial charge in [0.25, 0.3) is 0 Å². The van der Waals surface area contributed by atoms with Crippen LogP contribution in [0.4, 0.5) is 11.4 Å². The number of carbonyl (C=O) groups is 1. The Morgan fingerprint density at radius 2 is 2.00 bits per heavy atom. The van der Waals surface area contributed by atoms with Crippen molar-refractivity contribution in [2.75, 3.05) is 36.5 Å². The van der Waals surface area contributed by atoms with E-state index in [9.17, 15) is 4.79 Å². The van der Waals surface area contributed by atoms with Gasteiger partial charge in [-0.15, -0.1) is 10.2 Å². The lowest BCUT2D eigenvalue weighted by molar-refractivity contribution is -0.117. The van der Waals surface area contributed by atoms with Crippen molar-refractivity contribution in [2.24, 2.45) is 0 Å². The number of aromatic nitrogens is 5. The Balaban J connectivity index is 1.44. The lowest BCUT2D eigenvalue weighted by atomic mass is 10.2. The van der Waals surface area contributed by atoms with Gasteiger partial charge in [0.2, 0.25) is 11.7 Å². The summed E-state index contributed by atoms with van der Waals surface area (Å²) in [7, 11) is 0. The Hall–Kier alpha value is -3.33. The van der Waals surface area contributed by atoms with Gasteiger partial charge < -0.3 is 15.0 Å². The highest BCUT2D eigenvalue weighted by atomic mass is 16.5. The molecule has 3 heterocycles. The first-order valence-electron chi connectivity index (χ1n) is 8.69. The van der Waals surface area contributed by atoms with E-state index in [-0.39, 0.29) is 12.5 Å². The highest BCUT2D eigenvalue weighted by Gasteiger charge is 2.16. The first-order valence-corrected chi connectivity index (χ1v) is 8.69. The largest absolute Gasteiger partial charge is 0.378 e. The molecule has 1 fully saturated rings. The number of para-hydroxylation sites is 2. The molecule has 0 radical (unpaired) electrons. The van der Waals surface area contributed by atoms with Crippen molar-refractivity contribution in [2.45, 2.75) is 6.54 Å². The molecule has 1 aromatic carbocycles. The van der Waals surface area contributed by atoms with Crippen LogP contribution in [0.3, 0.4) is 0 Å². The van der Waals surface area contributed by atoms with E-state index in [4.69, 9.17) is 4.74 Å². The molecule has 2 aromatic heterocycles. The van der Waals surface area contributed by atoms with Gasteiger partial charge >= 0.3 is 0 Å². The molecule has 0 unspecified atom stereocenters. The summed E-state index contributed by atoms with van der Waals surface area (Å²) >= 11 is 0. The molecular formula is C18H19N7O2. The van der Waals surface area contributed by atoms with E-state index < -0.39 is 0 Å². The maximum atomic E-state index is 12.5. The fourth-order valence-corrected chi connectivity index (χ4v) is 2.90. The number of hydrogen-bond acceptors (Lipinski definition) is 7. The molecule has 0 aliphatic carbocycles. The van der Waals surface area contributed by atoms with Gasteiger partial charge in [-0.25, -0.2) is 0 Å². The van der Waals surface area contributed by atoms with E-state index in [1.165, 1.54) is 4.80 Å². The molecule has 1 aliphatic heterocycles. The van der Waals surface area contributed by atoms with Crippen LogP contribution in [0.2, 0.25) is 0 Å². The lowest BCUT2D eigenvalue weighted by Crippen LogP contribution is -2.36. The zero-order valence-corrected chi connectivity index (χ0v) is 14.7. The van der Waals surface area contributed by atoms with Crippen LogP contribution in [0.1, 0.15) is 0 Å². The minimum atomic E-state index is -0.217. The molecular weight excluding hydrogens is 346 g/mol. The van der Waals surface area contributed by atoms with Crippen LogP contribution in [0, 0.1) is 0 Å². The number of anilines is 2. The Morgan fingerprint density at radius 1 is 1.15 bits per heavy atom. The van der Waals surface area contributed by atoms with E-state index in [1.54, 1.807) is 18.5 Å². The van der Waals surface area contributed by atoms with Crippen LogP contribution >= 0.6 is 0 Å². The zero-order valence-electron chi connectivity index (χ0n) is 14.7. The normalized spacial score (nSPS) is 14.1. The first-order chi connectivity index (χ1) is 13.3. The van der Waals surface area contributed by atoms with Gasteiger partial charge in [0.05, 0.1) is 24.6 Å². The number of nitrogens with one attached hydrogen (secondary N) is 1. The van der Waals surface area contributed by atoms with E-state index in [2.05, 4.69) is 30.6 Å². The molecule has 0 spiro atoms. The van der Waals surface area contributed by atoms with Crippen molar-refractivity contribution < 1.29 is 9.53 Å². The zero-order chi connectivity index (χ0) is 18.5. The molecule has 0 saturated carbocycles. The minimum absolute atomic E-state index is 0.0231. The molecule has 0 bridgehead atoms. The standard InChI is InChI=1S/C18H19N7O2/c26-17(13-25-22-18(21-23-25)14-4-3-7-19-12-14)20-15-5-1-2-6-16(15)24-8-10-27-11-9-24/h1-7,12H,8-11,13H2,(H,20,26). The molecule has 9 heteroatoms. The second-order valence-corrected chi connectivity index (χ2v) is 6.05. The third kappa shape index (κ3) is 4.09. The number of pyridine rings is 1. The van der Waals surface area contributed by atoms with E-state index >= 15 is 0 Å². The molecule has 0 atom stereocenters. The summed E-state index contributed by atoms with van der Waals surface area (Å²) in [5.74, 6) is 0.218. The van der Waals surface area contributed by atoms with Crippen molar-refractivity contribution in [1.29, 1.82) is 0 Å². The second kappa shape index (κ2) is 7.92. The molecule has 138 valence electrons. The number of carbonyl (C=O) groups excluding carboxylic acids is 1. The number of ether oxygens (including phenoxy) is 1. The van der Waals surface area contributed by atoms with Gasteiger partial charge in [0.15, 0.2) is 0 Å². The first kappa shape index (κ1) is 17.1. The van der Waals surface area contributed by atoms with Crippen LogP contribution in [0.25, 0.3) is 11.4 Å². The SMILES string of the molecule is O=C(Cn1nnc(-c2cccnc2)n1)Nc1ccccc1N1CCOCC1. The van der Waals surface area contributed by atoms with Crippen LogP contribution in [0.5, 0.6) is 0 Å². The summed E-state index contributed by atoms with van der Waals surface area (Å²) in [5, 5.41) is 15.1. The highest BCUT2D eigenvalue weighted by molar-refractivity contribution is 5.94. The maximum Gasteiger partial charge on any atom is 0.248 e. The summed E-state index contributed by atoms with van der Waals surface area (Å²) in [5.41, 5.74) is 2.50. The van der Waals surface area contributed by atoms with Crippen molar-refractivity contribution in [3.63, 3.8) is 0 Å². The predicted octanol–water partition coefficient (Wildman–Crippen LogP) is 1.21.